The summed E-state index contributed by atoms with van der Waals surface area (Å²) in [5.41, 5.74) is 6.68. The zero-order chi connectivity index (χ0) is 19.6. The second kappa shape index (κ2) is 7.50. The van der Waals surface area contributed by atoms with Crippen LogP contribution in [0.25, 0.3) is 0 Å². The first kappa shape index (κ1) is 18.5. The van der Waals surface area contributed by atoms with Gasteiger partial charge in [-0.25, -0.2) is 4.68 Å². The normalized spacial score (nSPS) is 10.6. The molecule has 0 radical (unpaired) electrons. The van der Waals surface area contributed by atoms with Gasteiger partial charge in [-0.1, -0.05) is 11.6 Å². The Bertz CT molecular complexity index is 1010. The van der Waals surface area contributed by atoms with Crippen LogP contribution in [-0.4, -0.2) is 31.4 Å². The predicted molar refractivity (Wildman–Crippen MR) is 98.7 cm³/mol. The minimum Gasteiger partial charge on any atom is -0.471 e. The third kappa shape index (κ3) is 4.09. The first-order valence-electron chi connectivity index (χ1n) is 7.90. The predicted octanol–water partition coefficient (Wildman–Crippen LogP) is 1.97. The Labute approximate surface area is 159 Å². The average Bonchev–Trinajstić information content (AvgIpc) is 3.23. The van der Waals surface area contributed by atoms with Crippen LogP contribution in [0.2, 0.25) is 5.02 Å². The van der Waals surface area contributed by atoms with E-state index < -0.39 is 11.8 Å². The summed E-state index contributed by atoms with van der Waals surface area (Å²) in [4.78, 5) is 23.8. The van der Waals surface area contributed by atoms with Crippen molar-refractivity contribution in [1.82, 2.24) is 19.6 Å². The largest absolute Gasteiger partial charge is 0.471 e. The van der Waals surface area contributed by atoms with Crippen LogP contribution in [0.3, 0.4) is 0 Å². The van der Waals surface area contributed by atoms with Gasteiger partial charge >= 0.3 is 0 Å². The summed E-state index contributed by atoms with van der Waals surface area (Å²) in [6.07, 6.45) is 2.96. The average molecular weight is 389 g/mol. The van der Waals surface area contributed by atoms with Crippen LogP contribution in [0.1, 0.15) is 26.5 Å². The van der Waals surface area contributed by atoms with Gasteiger partial charge < -0.3 is 15.8 Å². The molecule has 3 aromatic rings. The molecular formula is C17H17ClN6O3. The molecule has 140 valence electrons. The molecule has 0 bridgehead atoms. The number of nitrogens with two attached hydrogens (primary N) is 1. The summed E-state index contributed by atoms with van der Waals surface area (Å²) in [6, 6.07) is 6.85. The smallest absolute Gasteiger partial charge is 0.276 e. The maximum Gasteiger partial charge on any atom is 0.276 e. The van der Waals surface area contributed by atoms with Crippen LogP contribution in [-0.2, 0) is 13.8 Å². The number of anilines is 1. The number of rotatable bonds is 6. The number of aryl methyl sites for hydroxylation is 2. The number of ether oxygens (including phenoxy) is 1. The number of amides is 2. The summed E-state index contributed by atoms with van der Waals surface area (Å²) in [5, 5.41) is 11.3. The van der Waals surface area contributed by atoms with Crippen molar-refractivity contribution < 1.29 is 14.3 Å². The number of hydrogen-bond acceptors (Lipinski definition) is 5. The minimum atomic E-state index is -0.692. The fraction of sp³-hybridized carbons (Fsp3) is 0.176. The summed E-state index contributed by atoms with van der Waals surface area (Å²) < 4.78 is 8.39. The Morgan fingerprint density at radius 1 is 1.33 bits per heavy atom. The zero-order valence-electron chi connectivity index (χ0n) is 14.6. The van der Waals surface area contributed by atoms with E-state index in [0.29, 0.717) is 10.8 Å². The number of nitrogens with zero attached hydrogens (tertiary/aromatic N) is 4. The van der Waals surface area contributed by atoms with E-state index in [1.165, 1.54) is 21.6 Å². The topological polar surface area (TPSA) is 117 Å². The molecule has 2 amide bonds. The summed E-state index contributed by atoms with van der Waals surface area (Å²) in [6.45, 7) is 2.00. The summed E-state index contributed by atoms with van der Waals surface area (Å²) in [7, 11) is 1.56. The number of benzene rings is 1. The van der Waals surface area contributed by atoms with Gasteiger partial charge in [-0.3, -0.25) is 14.3 Å². The molecule has 0 saturated carbocycles. The molecule has 0 aliphatic carbocycles. The molecule has 1 aromatic carbocycles. The van der Waals surface area contributed by atoms with Crippen molar-refractivity contribution in [3.05, 3.63) is 58.6 Å². The molecule has 2 heterocycles. The van der Waals surface area contributed by atoms with E-state index in [-0.39, 0.29) is 23.8 Å². The highest BCUT2D eigenvalue weighted by molar-refractivity contribution is 6.31. The number of halogens is 1. The van der Waals surface area contributed by atoms with Crippen LogP contribution in [0.4, 0.5) is 5.69 Å². The van der Waals surface area contributed by atoms with Crippen molar-refractivity contribution in [2.75, 3.05) is 5.32 Å². The number of hydrogen-bond donors (Lipinski definition) is 2. The molecule has 27 heavy (non-hydrogen) atoms. The standard InChI is InChI=1S/C17H17ClN6O3/c1-10-7-11(3-4-12(10)18)27-9-24-6-5-13(22-24)17(26)21-14-8-20-23(2)15(14)16(19)25/h3-8H,9H2,1-2H3,(H2,19,25)(H,21,26). The maximum atomic E-state index is 12.3. The lowest BCUT2D eigenvalue weighted by Crippen LogP contribution is -2.20. The van der Waals surface area contributed by atoms with Gasteiger partial charge in [0, 0.05) is 18.3 Å². The van der Waals surface area contributed by atoms with Gasteiger partial charge in [0.1, 0.15) is 11.4 Å². The van der Waals surface area contributed by atoms with Crippen LogP contribution in [0, 0.1) is 6.92 Å². The molecule has 0 aliphatic rings. The highest BCUT2D eigenvalue weighted by Crippen LogP contribution is 2.21. The van der Waals surface area contributed by atoms with E-state index in [1.807, 2.05) is 13.0 Å². The molecule has 3 rings (SSSR count). The summed E-state index contributed by atoms with van der Waals surface area (Å²) >= 11 is 5.98. The fourth-order valence-electron chi connectivity index (χ4n) is 2.41. The molecular weight excluding hydrogens is 372 g/mol. The van der Waals surface area contributed by atoms with Crippen molar-refractivity contribution in [2.45, 2.75) is 13.7 Å². The van der Waals surface area contributed by atoms with Crippen LogP contribution >= 0.6 is 11.6 Å². The fourth-order valence-corrected chi connectivity index (χ4v) is 2.53. The van der Waals surface area contributed by atoms with Crippen LogP contribution in [0.15, 0.2) is 36.7 Å². The lowest BCUT2D eigenvalue weighted by atomic mass is 10.2. The van der Waals surface area contributed by atoms with E-state index in [4.69, 9.17) is 22.1 Å². The first-order chi connectivity index (χ1) is 12.8. The Kier molecular flexibility index (Phi) is 5.13. The Hall–Kier alpha value is -3.33. The van der Waals surface area contributed by atoms with Crippen LogP contribution in [0.5, 0.6) is 5.75 Å². The van der Waals surface area contributed by atoms with Gasteiger partial charge in [0.05, 0.1) is 11.9 Å². The molecule has 0 unspecified atom stereocenters. The number of carbonyl (C=O) groups is 2. The first-order valence-corrected chi connectivity index (χ1v) is 8.28. The van der Waals surface area contributed by atoms with Crippen LogP contribution < -0.4 is 15.8 Å². The van der Waals surface area contributed by atoms with Crippen molar-refractivity contribution >= 4 is 29.1 Å². The molecule has 0 aliphatic heterocycles. The SMILES string of the molecule is Cc1cc(OCn2ccc(C(=O)Nc3cnn(C)c3C(N)=O)n2)ccc1Cl. The quantitative estimate of drug-likeness (QED) is 0.669. The number of carbonyl (C=O) groups excluding carboxylic acids is 2. The Morgan fingerprint density at radius 2 is 2.11 bits per heavy atom. The van der Waals surface area contributed by atoms with E-state index >= 15 is 0 Å². The second-order valence-electron chi connectivity index (χ2n) is 5.77. The minimum absolute atomic E-state index is 0.101. The van der Waals surface area contributed by atoms with E-state index in [2.05, 4.69) is 15.5 Å². The molecule has 0 spiro atoms. The number of aromatic nitrogens is 4. The van der Waals surface area contributed by atoms with Gasteiger partial charge in [0.25, 0.3) is 11.8 Å². The third-order valence-corrected chi connectivity index (χ3v) is 4.21. The highest BCUT2D eigenvalue weighted by atomic mass is 35.5. The van der Waals surface area contributed by atoms with Gasteiger partial charge in [0.2, 0.25) is 0 Å². The van der Waals surface area contributed by atoms with Crippen molar-refractivity contribution in [3.8, 4) is 5.75 Å². The van der Waals surface area contributed by atoms with Crippen molar-refractivity contribution in [2.24, 2.45) is 12.8 Å². The molecule has 0 saturated heterocycles. The molecule has 9 nitrogen and oxygen atoms in total. The molecule has 0 fully saturated rings. The van der Waals surface area contributed by atoms with Crippen molar-refractivity contribution in [3.63, 3.8) is 0 Å². The highest BCUT2D eigenvalue weighted by Gasteiger charge is 2.18. The monoisotopic (exact) mass is 388 g/mol. The molecule has 3 N–H and O–H groups in total. The third-order valence-electron chi connectivity index (χ3n) is 3.79. The lowest BCUT2D eigenvalue weighted by Gasteiger charge is -2.07. The summed E-state index contributed by atoms with van der Waals surface area (Å²) in [5.74, 6) is -0.547. The lowest BCUT2D eigenvalue weighted by molar-refractivity contribution is 0.0992. The van der Waals surface area contributed by atoms with Gasteiger partial charge in [-0.2, -0.15) is 10.2 Å². The maximum absolute atomic E-state index is 12.3. The van der Waals surface area contributed by atoms with E-state index in [0.717, 1.165) is 5.56 Å². The number of primary amides is 1. The molecule has 0 atom stereocenters. The van der Waals surface area contributed by atoms with Gasteiger partial charge in [0.15, 0.2) is 12.4 Å². The second-order valence-corrected chi connectivity index (χ2v) is 6.18. The molecule has 10 heteroatoms. The molecule has 2 aromatic heterocycles. The Balaban J connectivity index is 1.65. The van der Waals surface area contributed by atoms with Gasteiger partial charge in [-0.15, -0.1) is 0 Å². The van der Waals surface area contributed by atoms with E-state index in [9.17, 15) is 9.59 Å². The number of nitrogens with one attached hydrogen (secondary N) is 1. The van der Waals surface area contributed by atoms with Crippen molar-refractivity contribution in [1.29, 1.82) is 0 Å². The van der Waals surface area contributed by atoms with E-state index in [1.54, 1.807) is 25.4 Å². The van der Waals surface area contributed by atoms with Gasteiger partial charge in [-0.05, 0) is 36.8 Å². The zero-order valence-corrected chi connectivity index (χ0v) is 15.4. The Morgan fingerprint density at radius 3 is 2.81 bits per heavy atom.